The highest BCUT2D eigenvalue weighted by atomic mass is 16.4. The van der Waals surface area contributed by atoms with Gasteiger partial charge in [-0.25, -0.2) is 4.79 Å². The van der Waals surface area contributed by atoms with Gasteiger partial charge in [-0.3, -0.25) is 4.98 Å². The molecule has 0 radical (unpaired) electrons. The fourth-order valence-corrected chi connectivity index (χ4v) is 6.04. The van der Waals surface area contributed by atoms with E-state index in [1.54, 1.807) is 6.07 Å². The second-order valence-electron chi connectivity index (χ2n) is 9.69. The van der Waals surface area contributed by atoms with Crippen LogP contribution < -0.4 is 0 Å². The fraction of sp³-hybridized carbons (Fsp3) is 0.357. The Morgan fingerprint density at radius 1 is 1.06 bits per heavy atom. The van der Waals surface area contributed by atoms with Crippen molar-refractivity contribution in [3.8, 4) is 11.3 Å². The van der Waals surface area contributed by atoms with Crippen LogP contribution in [-0.2, 0) is 13.1 Å². The quantitative estimate of drug-likeness (QED) is 0.413. The molecule has 0 atom stereocenters. The number of carboxylic acids is 1. The maximum Gasteiger partial charge on any atom is 0.335 e. The van der Waals surface area contributed by atoms with Crippen LogP contribution >= 0.6 is 0 Å². The highest BCUT2D eigenvalue weighted by Gasteiger charge is 2.29. The van der Waals surface area contributed by atoms with Gasteiger partial charge in [-0.15, -0.1) is 0 Å². The molecule has 3 heterocycles. The molecule has 0 bridgehead atoms. The molecule has 1 aliphatic carbocycles. The summed E-state index contributed by atoms with van der Waals surface area (Å²) in [6, 6.07) is 14.3. The number of aromatic carboxylic acids is 1. The van der Waals surface area contributed by atoms with E-state index >= 15 is 0 Å². The second-order valence-corrected chi connectivity index (χ2v) is 9.69. The number of likely N-dealkylation sites (N-methyl/N-ethyl adjacent to an activating group) is 1. The van der Waals surface area contributed by atoms with E-state index in [4.69, 9.17) is 4.98 Å². The van der Waals surface area contributed by atoms with Gasteiger partial charge in [0.1, 0.15) is 0 Å². The SMILES string of the molecule is CN1CCn2c(c(C3CCCCC3)c3ccc(C(=O)O)cc32)-c2ccc3cccnc3c2C1. The van der Waals surface area contributed by atoms with Crippen molar-refractivity contribution < 1.29 is 9.90 Å². The van der Waals surface area contributed by atoms with Gasteiger partial charge < -0.3 is 14.6 Å². The Morgan fingerprint density at radius 2 is 1.91 bits per heavy atom. The molecule has 2 aromatic heterocycles. The van der Waals surface area contributed by atoms with E-state index in [0.29, 0.717) is 11.5 Å². The summed E-state index contributed by atoms with van der Waals surface area (Å²) >= 11 is 0. The lowest BCUT2D eigenvalue weighted by Crippen LogP contribution is -2.26. The summed E-state index contributed by atoms with van der Waals surface area (Å²) < 4.78 is 2.40. The van der Waals surface area contributed by atoms with Crippen molar-refractivity contribution in [2.45, 2.75) is 51.1 Å². The molecule has 4 aromatic rings. The van der Waals surface area contributed by atoms with Gasteiger partial charge >= 0.3 is 5.97 Å². The zero-order valence-electron chi connectivity index (χ0n) is 19.1. The molecule has 2 aliphatic rings. The minimum atomic E-state index is -0.870. The standard InChI is InChI=1S/C28H29N3O2/c1-30-14-15-31-24-16-20(28(32)33)10-12-22(24)25(18-6-3-2-4-7-18)27(31)21-11-9-19-8-5-13-29-26(19)23(21)17-30/h5,8-13,16,18H,2-4,6-7,14-15,17H2,1H3,(H,32,33). The van der Waals surface area contributed by atoms with Crippen molar-refractivity contribution in [3.63, 3.8) is 0 Å². The van der Waals surface area contributed by atoms with Gasteiger partial charge in [-0.1, -0.05) is 43.5 Å². The highest BCUT2D eigenvalue weighted by Crippen LogP contribution is 2.46. The molecule has 1 saturated carbocycles. The molecule has 0 spiro atoms. The summed E-state index contributed by atoms with van der Waals surface area (Å²) in [5, 5.41) is 12.1. The monoisotopic (exact) mass is 439 g/mol. The van der Waals surface area contributed by atoms with Crippen molar-refractivity contribution in [1.29, 1.82) is 0 Å². The topological polar surface area (TPSA) is 58.4 Å². The molecule has 168 valence electrons. The second kappa shape index (κ2) is 7.99. The van der Waals surface area contributed by atoms with E-state index in [0.717, 1.165) is 30.7 Å². The van der Waals surface area contributed by atoms with Crippen LogP contribution in [0.15, 0.2) is 48.7 Å². The molecule has 5 heteroatoms. The first kappa shape index (κ1) is 20.4. The zero-order valence-corrected chi connectivity index (χ0v) is 19.1. The average Bonchev–Trinajstić information content (AvgIpc) is 3.15. The van der Waals surface area contributed by atoms with Gasteiger partial charge in [0.25, 0.3) is 0 Å². The van der Waals surface area contributed by atoms with E-state index < -0.39 is 5.97 Å². The fourth-order valence-electron chi connectivity index (χ4n) is 6.04. The van der Waals surface area contributed by atoms with E-state index in [2.05, 4.69) is 40.8 Å². The van der Waals surface area contributed by atoms with Gasteiger partial charge in [0, 0.05) is 53.2 Å². The number of rotatable bonds is 2. The van der Waals surface area contributed by atoms with Crippen LogP contribution in [0.3, 0.4) is 0 Å². The summed E-state index contributed by atoms with van der Waals surface area (Å²) in [6.07, 6.45) is 8.13. The van der Waals surface area contributed by atoms with Crippen molar-refractivity contribution >= 4 is 27.8 Å². The third kappa shape index (κ3) is 3.34. The molecule has 5 nitrogen and oxygen atoms in total. The third-order valence-corrected chi connectivity index (χ3v) is 7.63. The number of pyridine rings is 1. The summed E-state index contributed by atoms with van der Waals surface area (Å²) in [4.78, 5) is 19.0. The molecule has 1 N–H and O–H groups in total. The lowest BCUT2D eigenvalue weighted by Gasteiger charge is -2.28. The molecule has 1 aliphatic heterocycles. The maximum atomic E-state index is 11.8. The summed E-state index contributed by atoms with van der Waals surface area (Å²) in [5.74, 6) is -0.358. The first-order valence-electron chi connectivity index (χ1n) is 12.1. The molecule has 0 amide bonds. The van der Waals surface area contributed by atoms with Crippen molar-refractivity contribution in [2.24, 2.45) is 0 Å². The molecule has 2 aromatic carbocycles. The number of carboxylic acid groups (broad SMARTS) is 1. The van der Waals surface area contributed by atoms with Crippen LogP contribution in [0, 0.1) is 0 Å². The molecular formula is C28H29N3O2. The van der Waals surface area contributed by atoms with Crippen LogP contribution in [-0.4, -0.2) is 39.1 Å². The van der Waals surface area contributed by atoms with Crippen LogP contribution in [0.4, 0.5) is 0 Å². The lowest BCUT2D eigenvalue weighted by atomic mass is 9.81. The Hall–Kier alpha value is -3.18. The smallest absolute Gasteiger partial charge is 0.335 e. The number of aromatic nitrogens is 2. The summed E-state index contributed by atoms with van der Waals surface area (Å²) in [6.45, 7) is 2.61. The summed E-state index contributed by atoms with van der Waals surface area (Å²) in [7, 11) is 2.16. The lowest BCUT2D eigenvalue weighted by molar-refractivity contribution is 0.0697. The minimum Gasteiger partial charge on any atom is -0.478 e. The predicted octanol–water partition coefficient (Wildman–Crippen LogP) is 6.05. The molecule has 0 unspecified atom stereocenters. The number of hydrogen-bond acceptors (Lipinski definition) is 3. The number of fused-ring (bicyclic) bond motifs is 7. The van der Waals surface area contributed by atoms with Crippen molar-refractivity contribution in [3.05, 3.63) is 65.4 Å². The van der Waals surface area contributed by atoms with E-state index in [1.807, 2.05) is 18.3 Å². The Labute approximate surface area is 193 Å². The Kier molecular flexibility index (Phi) is 4.95. The van der Waals surface area contributed by atoms with E-state index in [9.17, 15) is 9.90 Å². The van der Waals surface area contributed by atoms with Crippen LogP contribution in [0.25, 0.3) is 33.1 Å². The number of carbonyl (C=O) groups is 1. The summed E-state index contributed by atoms with van der Waals surface area (Å²) in [5.41, 5.74) is 7.71. The van der Waals surface area contributed by atoms with Crippen LogP contribution in [0.1, 0.15) is 59.5 Å². The van der Waals surface area contributed by atoms with Gasteiger partial charge in [0.15, 0.2) is 0 Å². The first-order chi connectivity index (χ1) is 16.1. The molecule has 33 heavy (non-hydrogen) atoms. The van der Waals surface area contributed by atoms with Crippen LogP contribution in [0.2, 0.25) is 0 Å². The Bertz CT molecular complexity index is 1380. The normalized spacial score (nSPS) is 17.5. The Balaban J connectivity index is 1.72. The predicted molar refractivity (Wildman–Crippen MR) is 132 cm³/mol. The number of nitrogens with zero attached hydrogens (tertiary/aromatic N) is 3. The van der Waals surface area contributed by atoms with E-state index in [-0.39, 0.29) is 0 Å². The Morgan fingerprint density at radius 3 is 2.73 bits per heavy atom. The van der Waals surface area contributed by atoms with Gasteiger partial charge in [-0.05, 0) is 49.6 Å². The first-order valence-corrected chi connectivity index (χ1v) is 12.1. The number of hydrogen-bond donors (Lipinski definition) is 1. The number of benzene rings is 2. The molecule has 0 saturated heterocycles. The van der Waals surface area contributed by atoms with Crippen molar-refractivity contribution in [1.82, 2.24) is 14.5 Å². The average molecular weight is 440 g/mol. The third-order valence-electron chi connectivity index (χ3n) is 7.63. The molecule has 1 fully saturated rings. The zero-order chi connectivity index (χ0) is 22.5. The highest BCUT2D eigenvalue weighted by molar-refractivity contribution is 6.00. The van der Waals surface area contributed by atoms with Crippen molar-refractivity contribution in [2.75, 3.05) is 13.6 Å². The molecular weight excluding hydrogens is 410 g/mol. The van der Waals surface area contributed by atoms with Gasteiger partial charge in [0.2, 0.25) is 0 Å². The van der Waals surface area contributed by atoms with E-state index in [1.165, 1.54) is 65.3 Å². The van der Waals surface area contributed by atoms with Crippen LogP contribution in [0.5, 0.6) is 0 Å². The minimum absolute atomic E-state index is 0.355. The van der Waals surface area contributed by atoms with Gasteiger partial charge in [0.05, 0.1) is 16.8 Å². The maximum absolute atomic E-state index is 11.8. The molecule has 6 rings (SSSR count). The van der Waals surface area contributed by atoms with Gasteiger partial charge in [-0.2, -0.15) is 0 Å². The largest absolute Gasteiger partial charge is 0.478 e.